The predicted octanol–water partition coefficient (Wildman–Crippen LogP) is 6.42. The second-order valence-corrected chi connectivity index (χ2v) is 7.95. The lowest BCUT2D eigenvalue weighted by atomic mass is 9.81. The standard InChI is InChI=1S/C23H29N/c1-17-14-15-19-10-9-13-22(19)24(20-11-7-6-8-12-20)18(2)16-21(17)23(3,4)5/h6-12,14,16,18H,13,15H2,1-5H3. The highest BCUT2D eigenvalue weighted by atomic mass is 15.2. The van der Waals surface area contributed by atoms with Crippen molar-refractivity contribution >= 4 is 5.69 Å². The fourth-order valence-electron chi connectivity index (χ4n) is 3.87. The molecule has 0 radical (unpaired) electrons. The summed E-state index contributed by atoms with van der Waals surface area (Å²) in [6, 6.07) is 11.1. The Balaban J connectivity index is 2.14. The molecular weight excluding hydrogens is 290 g/mol. The number of hydrogen-bond acceptors (Lipinski definition) is 1. The van der Waals surface area contributed by atoms with Gasteiger partial charge in [0.1, 0.15) is 0 Å². The Hall–Kier alpha value is -2.02. The van der Waals surface area contributed by atoms with Gasteiger partial charge >= 0.3 is 0 Å². The highest BCUT2D eigenvalue weighted by Crippen LogP contribution is 2.38. The van der Waals surface area contributed by atoms with E-state index in [-0.39, 0.29) is 5.41 Å². The minimum absolute atomic E-state index is 0.155. The molecule has 0 amide bonds. The number of para-hydroxylation sites is 1. The van der Waals surface area contributed by atoms with E-state index in [4.69, 9.17) is 0 Å². The number of rotatable bonds is 1. The SMILES string of the molecule is CC1=CCC2=C(CC=C2)N(c2ccccc2)C(C)C=C1C(C)(C)C. The zero-order valence-corrected chi connectivity index (χ0v) is 15.6. The molecule has 0 spiro atoms. The molecule has 0 N–H and O–H groups in total. The zero-order valence-electron chi connectivity index (χ0n) is 15.6. The van der Waals surface area contributed by atoms with Gasteiger partial charge in [0.05, 0.1) is 0 Å². The summed E-state index contributed by atoms with van der Waals surface area (Å²) in [7, 11) is 0. The number of hydrogen-bond donors (Lipinski definition) is 0. The van der Waals surface area contributed by atoms with E-state index >= 15 is 0 Å². The second-order valence-electron chi connectivity index (χ2n) is 7.95. The van der Waals surface area contributed by atoms with Crippen LogP contribution in [-0.2, 0) is 0 Å². The predicted molar refractivity (Wildman–Crippen MR) is 105 cm³/mol. The van der Waals surface area contributed by atoms with Crippen LogP contribution >= 0.6 is 0 Å². The molecule has 3 rings (SSSR count). The molecule has 2 aliphatic rings. The quantitative estimate of drug-likeness (QED) is 0.577. The van der Waals surface area contributed by atoms with Crippen molar-refractivity contribution in [2.24, 2.45) is 5.41 Å². The van der Waals surface area contributed by atoms with Gasteiger partial charge < -0.3 is 4.90 Å². The van der Waals surface area contributed by atoms with E-state index in [1.807, 2.05) is 0 Å². The van der Waals surface area contributed by atoms with Crippen molar-refractivity contribution in [2.75, 3.05) is 4.90 Å². The van der Waals surface area contributed by atoms with Crippen molar-refractivity contribution in [3.63, 3.8) is 0 Å². The highest BCUT2D eigenvalue weighted by Gasteiger charge is 2.26. The van der Waals surface area contributed by atoms with E-state index in [9.17, 15) is 0 Å². The zero-order chi connectivity index (χ0) is 17.3. The van der Waals surface area contributed by atoms with E-state index < -0.39 is 0 Å². The third-order valence-electron chi connectivity index (χ3n) is 5.00. The average Bonchev–Trinajstić information content (AvgIpc) is 2.99. The van der Waals surface area contributed by atoms with Gasteiger partial charge in [0, 0.05) is 23.8 Å². The summed E-state index contributed by atoms with van der Waals surface area (Å²) in [5.41, 5.74) is 7.21. The van der Waals surface area contributed by atoms with E-state index in [0.29, 0.717) is 6.04 Å². The van der Waals surface area contributed by atoms with Crippen molar-refractivity contribution < 1.29 is 0 Å². The van der Waals surface area contributed by atoms with Gasteiger partial charge in [-0.05, 0) is 49.0 Å². The first-order valence-corrected chi connectivity index (χ1v) is 9.00. The first kappa shape index (κ1) is 16.8. The van der Waals surface area contributed by atoms with Crippen molar-refractivity contribution in [1.29, 1.82) is 0 Å². The van der Waals surface area contributed by atoms with Gasteiger partial charge in [-0.3, -0.25) is 0 Å². The van der Waals surface area contributed by atoms with E-state index in [1.54, 1.807) is 0 Å². The van der Waals surface area contributed by atoms with E-state index in [0.717, 1.165) is 12.8 Å². The second kappa shape index (κ2) is 6.47. The van der Waals surface area contributed by atoms with Crippen molar-refractivity contribution in [3.05, 3.63) is 77.1 Å². The van der Waals surface area contributed by atoms with Crippen LogP contribution in [0, 0.1) is 5.41 Å². The summed E-state index contributed by atoms with van der Waals surface area (Å²) in [4.78, 5) is 2.52. The summed E-state index contributed by atoms with van der Waals surface area (Å²) in [6.45, 7) is 11.5. The Morgan fingerprint density at radius 3 is 2.42 bits per heavy atom. The molecule has 1 heteroatoms. The number of allylic oxidation sites excluding steroid dienone is 6. The first-order valence-electron chi connectivity index (χ1n) is 9.00. The largest absolute Gasteiger partial charge is 0.338 e. The van der Waals surface area contributed by atoms with Crippen LogP contribution in [0.15, 0.2) is 77.1 Å². The molecule has 0 saturated heterocycles. The van der Waals surface area contributed by atoms with Gasteiger partial charge in [-0.25, -0.2) is 0 Å². The van der Waals surface area contributed by atoms with Crippen molar-refractivity contribution in [3.8, 4) is 0 Å². The summed E-state index contributed by atoms with van der Waals surface area (Å²) >= 11 is 0. The molecule has 0 fully saturated rings. The Morgan fingerprint density at radius 1 is 1.04 bits per heavy atom. The van der Waals surface area contributed by atoms with Gasteiger partial charge in [-0.15, -0.1) is 0 Å². The molecule has 1 atom stereocenters. The normalized spacial score (nSPS) is 21.7. The lowest BCUT2D eigenvalue weighted by Crippen LogP contribution is -2.32. The molecule has 0 aromatic heterocycles. The smallest absolute Gasteiger partial charge is 0.0497 e. The minimum Gasteiger partial charge on any atom is -0.338 e. The number of nitrogens with zero attached hydrogens (tertiary/aromatic N) is 1. The van der Waals surface area contributed by atoms with E-state index in [2.05, 4.69) is 94.2 Å². The molecule has 126 valence electrons. The number of benzene rings is 1. The van der Waals surface area contributed by atoms with Crippen LogP contribution in [0.3, 0.4) is 0 Å². The number of anilines is 1. The van der Waals surface area contributed by atoms with Crippen LogP contribution in [0.2, 0.25) is 0 Å². The van der Waals surface area contributed by atoms with Gasteiger partial charge in [-0.2, -0.15) is 0 Å². The van der Waals surface area contributed by atoms with Gasteiger partial charge in [0.15, 0.2) is 0 Å². The van der Waals surface area contributed by atoms with Gasteiger partial charge in [-0.1, -0.05) is 68.8 Å². The van der Waals surface area contributed by atoms with Crippen LogP contribution in [0.1, 0.15) is 47.5 Å². The molecule has 0 bridgehead atoms. The van der Waals surface area contributed by atoms with Crippen LogP contribution in [0.5, 0.6) is 0 Å². The van der Waals surface area contributed by atoms with E-state index in [1.165, 1.54) is 28.1 Å². The van der Waals surface area contributed by atoms with Crippen molar-refractivity contribution in [1.82, 2.24) is 0 Å². The maximum Gasteiger partial charge on any atom is 0.0497 e. The molecule has 0 saturated carbocycles. The molecule has 1 aromatic carbocycles. The molecule has 24 heavy (non-hydrogen) atoms. The first-order chi connectivity index (χ1) is 11.4. The maximum atomic E-state index is 2.52. The fraction of sp³-hybridized carbons (Fsp3) is 0.391. The Bertz CT molecular complexity index is 723. The Labute approximate surface area is 147 Å². The summed E-state index contributed by atoms with van der Waals surface area (Å²) in [5.74, 6) is 0. The third-order valence-corrected chi connectivity index (χ3v) is 5.00. The monoisotopic (exact) mass is 319 g/mol. The lowest BCUT2D eigenvalue weighted by molar-refractivity contribution is 0.506. The molecular formula is C23H29N. The van der Waals surface area contributed by atoms with Crippen LogP contribution < -0.4 is 4.90 Å². The third kappa shape index (κ3) is 3.26. The molecule has 1 unspecified atom stereocenters. The Kier molecular flexibility index (Phi) is 4.54. The maximum absolute atomic E-state index is 2.52. The summed E-state index contributed by atoms with van der Waals surface area (Å²) in [6.07, 6.45) is 11.5. The molecule has 1 aromatic rings. The fourth-order valence-corrected chi connectivity index (χ4v) is 3.87. The van der Waals surface area contributed by atoms with Crippen molar-refractivity contribution in [2.45, 2.75) is 53.5 Å². The van der Waals surface area contributed by atoms with Gasteiger partial charge in [0.25, 0.3) is 0 Å². The van der Waals surface area contributed by atoms with Crippen LogP contribution in [0.4, 0.5) is 5.69 Å². The summed E-state index contributed by atoms with van der Waals surface area (Å²) < 4.78 is 0. The highest BCUT2D eigenvalue weighted by molar-refractivity contribution is 5.59. The summed E-state index contributed by atoms with van der Waals surface area (Å²) in [5, 5.41) is 0. The van der Waals surface area contributed by atoms with Gasteiger partial charge in [0.2, 0.25) is 0 Å². The molecule has 1 aliphatic carbocycles. The molecule has 1 aliphatic heterocycles. The topological polar surface area (TPSA) is 3.24 Å². The lowest BCUT2D eigenvalue weighted by Gasteiger charge is -2.33. The molecule has 1 heterocycles. The average molecular weight is 319 g/mol. The molecule has 1 nitrogen and oxygen atoms in total. The van der Waals surface area contributed by atoms with Crippen LogP contribution in [0.25, 0.3) is 0 Å². The van der Waals surface area contributed by atoms with Crippen LogP contribution in [-0.4, -0.2) is 6.04 Å². The minimum atomic E-state index is 0.155. The Morgan fingerprint density at radius 2 is 1.75 bits per heavy atom.